The van der Waals surface area contributed by atoms with Crippen LogP contribution >= 0.6 is 21.6 Å². The predicted molar refractivity (Wildman–Crippen MR) is 411 cm³/mol. The first-order valence-electron chi connectivity index (χ1n) is 36.5. The van der Waals surface area contributed by atoms with E-state index in [0.717, 1.165) is 28.5 Å². The van der Waals surface area contributed by atoms with Crippen LogP contribution in [0.15, 0.2) is 77.7 Å². The van der Waals surface area contributed by atoms with Gasteiger partial charge in [0.15, 0.2) is 11.8 Å². The second-order valence-corrected chi connectivity index (χ2v) is 32.6. The van der Waals surface area contributed by atoms with Gasteiger partial charge >= 0.3 is 17.9 Å². The van der Waals surface area contributed by atoms with Gasteiger partial charge in [-0.3, -0.25) is 72.1 Å². The lowest BCUT2D eigenvalue weighted by Crippen LogP contribution is -2.61. The van der Waals surface area contributed by atoms with E-state index in [9.17, 15) is 82.8 Å². The quantitative estimate of drug-likeness (QED) is 0.0502. The molecule has 0 radical (unpaired) electrons. The van der Waals surface area contributed by atoms with Crippen LogP contribution in [0.5, 0.6) is 0 Å². The second-order valence-electron chi connectivity index (χ2n) is 30.0. The van der Waals surface area contributed by atoms with Gasteiger partial charge in [-0.2, -0.15) is 0 Å². The molecule has 0 saturated carbocycles. The first-order chi connectivity index (χ1) is 51.8. The van der Waals surface area contributed by atoms with E-state index in [-0.39, 0.29) is 43.9 Å². The molecule has 1 saturated heterocycles. The van der Waals surface area contributed by atoms with Crippen LogP contribution in [0.1, 0.15) is 139 Å². The molecule has 13 atom stereocenters. The van der Waals surface area contributed by atoms with Crippen molar-refractivity contribution in [3.05, 3.63) is 83.8 Å². The first kappa shape index (κ1) is 88.7. The summed E-state index contributed by atoms with van der Waals surface area (Å²) in [7, 11) is 1.65. The lowest BCUT2D eigenvalue weighted by Gasteiger charge is -2.30. The summed E-state index contributed by atoms with van der Waals surface area (Å²) in [6.45, 7) is 16.5. The van der Waals surface area contributed by atoms with E-state index in [1.54, 1.807) is 129 Å². The number of amides is 11. The summed E-state index contributed by atoms with van der Waals surface area (Å²) < 4.78 is 0. The number of hydrogen-bond donors (Lipinski definition) is 17. The van der Waals surface area contributed by atoms with Gasteiger partial charge in [-0.1, -0.05) is 120 Å². The van der Waals surface area contributed by atoms with E-state index >= 15 is 9.59 Å². The Hall–Kier alpha value is -10.2. The van der Waals surface area contributed by atoms with Crippen molar-refractivity contribution >= 4 is 138 Å². The molecule has 110 heavy (non-hydrogen) atoms. The maximum Gasteiger partial charge on any atom is 0.328 e. The zero-order chi connectivity index (χ0) is 81.4. The maximum absolute atomic E-state index is 15.1. The smallest absolute Gasteiger partial charge is 0.328 e. The Morgan fingerprint density at radius 1 is 0.600 bits per heavy atom. The lowest BCUT2D eigenvalue weighted by molar-refractivity contribution is -0.145. The molecule has 17 N–H and O–H groups in total. The number of rotatable bonds is 22. The number of carboxylic acids is 3. The number of carboxylic acid groups (broad SMARTS) is 3. The number of aliphatic imine (C=N–C) groups is 1. The Kier molecular flexibility index (Phi) is 33.5. The van der Waals surface area contributed by atoms with Crippen molar-refractivity contribution in [1.82, 2.24) is 68.5 Å². The summed E-state index contributed by atoms with van der Waals surface area (Å²) in [5.41, 5.74) is 1.98. The predicted octanol–water partition coefficient (Wildman–Crippen LogP) is 2.35. The van der Waals surface area contributed by atoms with Crippen molar-refractivity contribution in [3.63, 3.8) is 0 Å². The normalized spacial score (nSPS) is 23.7. The fourth-order valence-electron chi connectivity index (χ4n) is 12.5. The zero-order valence-electron chi connectivity index (χ0n) is 63.5. The van der Waals surface area contributed by atoms with Gasteiger partial charge in [-0.05, 0) is 91.5 Å². The number of ketones is 1. The summed E-state index contributed by atoms with van der Waals surface area (Å²) in [5, 5.41) is 70.2. The van der Waals surface area contributed by atoms with Crippen LogP contribution in [-0.2, 0) is 84.8 Å². The fraction of sp³-hybridized carbons (Fsp3) is 0.547. The standard InChI is InChI=1S/C75H104N14O19S2/c1-37(2)24-53-67(100)79-34-59(92)81-51(20-21-60(93)94)68(101)84-54(25-38(3)4)70(103)88-62(39(5)6)73(106)85-55(28-45-33-78-50-19-15-13-17-47(45)50)69(102)87-57(72(105)89-63(41(8)90)74(107)108)36-110-109-35-56(86-66(99)48(30-61(95)96)75(9,10)11)71(104)80-40(7)64(97)82-52(27-44-32-77-49-18-14-12-16-46(44)49)58(91)29-43(65(98)83-53)26-42-22-23-76-31-42/h12-19,23,31-33,37-41,43,48,51-57,62-63,77-78,90H,20-22,24-30,34-36H2,1-11H3,(H,79,100)(H,80,104)(H,81,92)(H,82,97)(H,83,98)(H,84,101)(H,85,106)(H,86,99)(H,87,102)(H,88,103)(H,89,105)(H,93,94)(H,95,96)(H,107,108)/t40-,41+,43+,48-,51-,52-,53-,54-,55-,56-,57-,62-,63-/m0/s1. The van der Waals surface area contributed by atoms with Gasteiger partial charge in [0.2, 0.25) is 65.0 Å². The number of aromatic nitrogens is 2. The Bertz CT molecular complexity index is 4070. The van der Waals surface area contributed by atoms with Gasteiger partial charge in [0.1, 0.15) is 48.3 Å². The molecule has 4 heterocycles. The van der Waals surface area contributed by atoms with Crippen LogP contribution in [-0.4, -0.2) is 210 Å². The number of aromatic amines is 2. The van der Waals surface area contributed by atoms with Crippen LogP contribution in [0.3, 0.4) is 0 Å². The fourth-order valence-corrected chi connectivity index (χ4v) is 14.8. The van der Waals surface area contributed by atoms with Crippen molar-refractivity contribution in [2.45, 2.75) is 207 Å². The number of benzene rings is 2. The SMILES string of the molecule is CC(C)C[C@@H]1NC(=O)[C@H](CC2=CN=CC2)CC(=O)[C@H](Cc2c[nH]c3ccccc23)NC(=O)[C@H](C)NC(=O)[C@@H](NC(=O)[C@H](CC(=O)O)C(C)(C)C)CSSC[C@@H](C(=O)N[C@H](C(=O)O)[C@@H](C)O)NC(=O)[C@H](Cc2c[nH]c3ccccc23)NC(=O)[C@H](C(C)C)NC(=O)[C@H](CC(C)C)NC(=O)[C@H](CCC(=O)O)NC(=O)CNC1=O. The average Bonchev–Trinajstić information content (AvgIpc) is 1.70. The molecular weight excluding hydrogens is 1470 g/mol. The Labute approximate surface area is 644 Å². The molecule has 600 valence electrons. The number of allylic oxidation sites excluding steroid dienone is 1. The number of fused-ring (bicyclic) bond motifs is 2. The van der Waals surface area contributed by atoms with Crippen molar-refractivity contribution in [1.29, 1.82) is 0 Å². The van der Waals surface area contributed by atoms with Gasteiger partial charge in [-0.15, -0.1) is 0 Å². The third kappa shape index (κ3) is 27.1. The highest BCUT2D eigenvalue weighted by molar-refractivity contribution is 8.76. The largest absolute Gasteiger partial charge is 0.481 e. The van der Waals surface area contributed by atoms with Gasteiger partial charge in [0, 0.05) is 96.1 Å². The Morgan fingerprint density at radius 3 is 1.69 bits per heavy atom. The van der Waals surface area contributed by atoms with Gasteiger partial charge < -0.3 is 88.9 Å². The van der Waals surface area contributed by atoms with Crippen LogP contribution in [0, 0.1) is 35.0 Å². The summed E-state index contributed by atoms with van der Waals surface area (Å²) in [6, 6.07) is -1.73. The number of aliphatic carboxylic acids is 3. The monoisotopic (exact) mass is 1570 g/mol. The number of nitrogens with one attached hydrogen (secondary N) is 13. The molecule has 0 unspecified atom stereocenters. The molecule has 11 amide bonds. The topological polar surface area (TPSA) is 513 Å². The molecule has 35 heteroatoms. The van der Waals surface area contributed by atoms with E-state index in [2.05, 4.69) is 73.4 Å². The number of para-hydroxylation sites is 2. The number of Topliss-reactive ketones (excluding diaryl/α,β-unsaturated/α-hetero) is 1. The van der Waals surface area contributed by atoms with E-state index in [4.69, 9.17) is 0 Å². The number of nitrogens with zero attached hydrogens (tertiary/aromatic N) is 1. The van der Waals surface area contributed by atoms with Crippen LogP contribution in [0.4, 0.5) is 0 Å². The molecule has 33 nitrogen and oxygen atoms in total. The lowest BCUT2D eigenvalue weighted by atomic mass is 9.78. The molecule has 0 aliphatic carbocycles. The number of hydrogen-bond acceptors (Lipinski definition) is 19. The van der Waals surface area contributed by atoms with Gasteiger partial charge in [0.05, 0.1) is 31.0 Å². The first-order valence-corrected chi connectivity index (χ1v) is 39.0. The minimum absolute atomic E-state index is 0.000565. The third-order valence-corrected chi connectivity index (χ3v) is 21.0. The molecule has 6 rings (SSSR count). The van der Waals surface area contributed by atoms with E-state index in [0.29, 0.717) is 44.9 Å². The molecular formula is C75H104N14O19S2. The molecule has 2 aromatic carbocycles. The molecule has 2 aliphatic heterocycles. The highest BCUT2D eigenvalue weighted by Gasteiger charge is 2.40. The second kappa shape index (κ2) is 41.6. The van der Waals surface area contributed by atoms with Crippen molar-refractivity contribution in [2.24, 2.45) is 40.0 Å². The van der Waals surface area contributed by atoms with Crippen LogP contribution < -0.4 is 58.5 Å². The molecule has 2 aromatic heterocycles. The van der Waals surface area contributed by atoms with Crippen molar-refractivity contribution in [3.8, 4) is 0 Å². The Balaban J connectivity index is 1.46. The number of H-pyrrole nitrogens is 2. The minimum atomic E-state index is -1.94. The van der Waals surface area contributed by atoms with Crippen molar-refractivity contribution < 1.29 is 92.3 Å². The third-order valence-electron chi connectivity index (χ3n) is 18.6. The molecule has 1 fully saturated rings. The molecule has 2 aliphatic rings. The Morgan fingerprint density at radius 2 is 1.15 bits per heavy atom. The summed E-state index contributed by atoms with van der Waals surface area (Å²) in [5.74, 6) is -20.3. The molecule has 0 bridgehead atoms. The molecule has 4 aromatic rings. The van der Waals surface area contributed by atoms with E-state index < -0.39 is 222 Å². The summed E-state index contributed by atoms with van der Waals surface area (Å²) >= 11 is 0. The highest BCUT2D eigenvalue weighted by Crippen LogP contribution is 2.31. The minimum Gasteiger partial charge on any atom is -0.481 e. The molecule has 0 spiro atoms. The number of aliphatic hydroxyl groups is 1. The zero-order valence-corrected chi connectivity index (χ0v) is 65.2. The summed E-state index contributed by atoms with van der Waals surface area (Å²) in [6.07, 6.45) is 1.96. The number of carbonyl (C=O) groups excluding carboxylic acids is 12. The summed E-state index contributed by atoms with van der Waals surface area (Å²) in [4.78, 5) is 223. The number of carbonyl (C=O) groups is 15. The maximum atomic E-state index is 15.1. The highest BCUT2D eigenvalue weighted by atomic mass is 33.1. The van der Waals surface area contributed by atoms with E-state index in [1.165, 1.54) is 13.1 Å². The van der Waals surface area contributed by atoms with Gasteiger partial charge in [0.25, 0.3) is 0 Å². The van der Waals surface area contributed by atoms with Crippen molar-refractivity contribution in [2.75, 3.05) is 18.1 Å². The van der Waals surface area contributed by atoms with Crippen LogP contribution in [0.2, 0.25) is 0 Å². The van der Waals surface area contributed by atoms with Crippen LogP contribution in [0.25, 0.3) is 21.8 Å². The average molecular weight is 1570 g/mol. The van der Waals surface area contributed by atoms with Gasteiger partial charge in [-0.25, -0.2) is 4.79 Å². The number of aliphatic hydroxyl groups excluding tert-OH is 1. The van der Waals surface area contributed by atoms with E-state index in [1.807, 2.05) is 0 Å².